The van der Waals surface area contributed by atoms with E-state index < -0.39 is 0 Å². The molecule has 0 radical (unpaired) electrons. The number of halogens is 1. The van der Waals surface area contributed by atoms with Crippen LogP contribution in [-0.2, 0) is 0 Å². The van der Waals surface area contributed by atoms with Gasteiger partial charge in [0, 0.05) is 18.3 Å². The molecule has 0 saturated carbocycles. The number of carbonyl (C=O) groups is 1. The lowest BCUT2D eigenvalue weighted by Crippen LogP contribution is -2.30. The second kappa shape index (κ2) is 7.09. The zero-order valence-corrected chi connectivity index (χ0v) is 14.4. The van der Waals surface area contributed by atoms with Gasteiger partial charge in [-0.05, 0) is 43.2 Å². The Kier molecular flexibility index (Phi) is 4.90. The predicted molar refractivity (Wildman–Crippen MR) is 91.8 cm³/mol. The van der Waals surface area contributed by atoms with E-state index in [4.69, 9.17) is 21.1 Å². The fourth-order valence-corrected chi connectivity index (χ4v) is 3.21. The SMILES string of the molecule is COc1ccc(OC)c(C2CCCN2C(=O)c2ccc(Cl)nc2)c1. The first-order valence-corrected chi connectivity index (χ1v) is 8.16. The molecule has 1 unspecified atom stereocenters. The van der Waals surface area contributed by atoms with Gasteiger partial charge in [-0.1, -0.05) is 11.6 Å². The Morgan fingerprint density at radius 1 is 1.25 bits per heavy atom. The van der Waals surface area contributed by atoms with Crippen molar-refractivity contribution in [1.29, 1.82) is 0 Å². The van der Waals surface area contributed by atoms with Gasteiger partial charge in [-0.15, -0.1) is 0 Å². The van der Waals surface area contributed by atoms with Crippen LogP contribution in [0.1, 0.15) is 34.8 Å². The zero-order chi connectivity index (χ0) is 17.1. The van der Waals surface area contributed by atoms with Crippen molar-refractivity contribution in [3.63, 3.8) is 0 Å². The molecule has 2 heterocycles. The average molecular weight is 347 g/mol. The van der Waals surface area contributed by atoms with Gasteiger partial charge >= 0.3 is 0 Å². The van der Waals surface area contributed by atoms with Gasteiger partial charge in [0.15, 0.2) is 0 Å². The Bertz CT molecular complexity index is 734. The highest BCUT2D eigenvalue weighted by molar-refractivity contribution is 6.29. The standard InChI is InChI=1S/C18H19ClN2O3/c1-23-13-6-7-16(24-2)14(10-13)15-4-3-9-21(15)18(22)12-5-8-17(19)20-11-12/h5-8,10-11,15H,3-4,9H2,1-2H3. The van der Waals surface area contributed by atoms with Crippen LogP contribution in [0.4, 0.5) is 0 Å². The lowest BCUT2D eigenvalue weighted by Gasteiger charge is -2.26. The van der Waals surface area contributed by atoms with Crippen LogP contribution < -0.4 is 9.47 Å². The van der Waals surface area contributed by atoms with Crippen molar-refractivity contribution in [2.45, 2.75) is 18.9 Å². The number of ether oxygens (including phenoxy) is 2. The largest absolute Gasteiger partial charge is 0.497 e. The van der Waals surface area contributed by atoms with Crippen LogP contribution in [0.2, 0.25) is 5.15 Å². The monoisotopic (exact) mass is 346 g/mol. The minimum atomic E-state index is -0.0495. The highest BCUT2D eigenvalue weighted by Crippen LogP contribution is 2.39. The Hall–Kier alpha value is -2.27. The van der Waals surface area contributed by atoms with Gasteiger partial charge in [0.1, 0.15) is 16.7 Å². The minimum Gasteiger partial charge on any atom is -0.497 e. The van der Waals surface area contributed by atoms with Crippen LogP contribution in [0.15, 0.2) is 36.5 Å². The average Bonchev–Trinajstić information content (AvgIpc) is 3.10. The molecule has 1 saturated heterocycles. The topological polar surface area (TPSA) is 51.7 Å². The maximum atomic E-state index is 12.9. The van der Waals surface area contributed by atoms with E-state index in [0.717, 1.165) is 29.9 Å². The number of aromatic nitrogens is 1. The van der Waals surface area contributed by atoms with Crippen LogP contribution >= 0.6 is 11.6 Å². The second-order valence-corrected chi connectivity index (χ2v) is 6.02. The highest BCUT2D eigenvalue weighted by Gasteiger charge is 2.32. The number of nitrogens with zero attached hydrogens (tertiary/aromatic N) is 2. The second-order valence-electron chi connectivity index (χ2n) is 5.63. The summed E-state index contributed by atoms with van der Waals surface area (Å²) >= 11 is 5.81. The van der Waals surface area contributed by atoms with Crippen molar-refractivity contribution in [1.82, 2.24) is 9.88 Å². The van der Waals surface area contributed by atoms with Crippen molar-refractivity contribution in [2.75, 3.05) is 20.8 Å². The van der Waals surface area contributed by atoms with Gasteiger partial charge in [-0.2, -0.15) is 0 Å². The number of methoxy groups -OCH3 is 2. The Labute approximate surface area is 146 Å². The van der Waals surface area contributed by atoms with E-state index in [1.165, 1.54) is 6.20 Å². The van der Waals surface area contributed by atoms with Gasteiger partial charge in [-0.25, -0.2) is 4.98 Å². The Morgan fingerprint density at radius 2 is 2.08 bits per heavy atom. The van der Waals surface area contributed by atoms with Crippen LogP contribution in [0.3, 0.4) is 0 Å². The molecule has 1 amide bonds. The van der Waals surface area contributed by atoms with E-state index in [9.17, 15) is 4.79 Å². The molecule has 1 aromatic carbocycles. The highest BCUT2D eigenvalue weighted by atomic mass is 35.5. The molecule has 6 heteroatoms. The molecule has 1 aromatic heterocycles. The molecule has 0 bridgehead atoms. The van der Waals surface area contributed by atoms with Crippen molar-refractivity contribution in [2.24, 2.45) is 0 Å². The summed E-state index contributed by atoms with van der Waals surface area (Å²) < 4.78 is 10.8. The van der Waals surface area contributed by atoms with Crippen molar-refractivity contribution >= 4 is 17.5 Å². The quantitative estimate of drug-likeness (QED) is 0.791. The van der Waals surface area contributed by atoms with E-state index >= 15 is 0 Å². The molecule has 0 aliphatic carbocycles. The third-order valence-corrected chi connectivity index (χ3v) is 4.51. The number of hydrogen-bond donors (Lipinski definition) is 0. The molecular weight excluding hydrogens is 328 g/mol. The molecule has 1 aliphatic heterocycles. The summed E-state index contributed by atoms with van der Waals surface area (Å²) in [5.41, 5.74) is 1.50. The van der Waals surface area contributed by atoms with Crippen molar-refractivity contribution in [3.8, 4) is 11.5 Å². The molecule has 0 N–H and O–H groups in total. The maximum absolute atomic E-state index is 12.9. The zero-order valence-electron chi connectivity index (χ0n) is 13.7. The number of amides is 1. The third kappa shape index (κ3) is 3.17. The van der Waals surface area contributed by atoms with Crippen LogP contribution in [0, 0.1) is 0 Å². The molecule has 1 fully saturated rings. The number of benzene rings is 1. The van der Waals surface area contributed by atoms with Gasteiger partial charge in [-0.3, -0.25) is 4.79 Å². The minimum absolute atomic E-state index is 0.0433. The summed E-state index contributed by atoms with van der Waals surface area (Å²) in [5.74, 6) is 1.46. The first-order chi connectivity index (χ1) is 11.6. The molecular formula is C18H19ClN2O3. The lowest BCUT2D eigenvalue weighted by molar-refractivity contribution is 0.0733. The number of rotatable bonds is 4. The first-order valence-electron chi connectivity index (χ1n) is 7.78. The van der Waals surface area contributed by atoms with E-state index in [2.05, 4.69) is 4.98 Å². The lowest BCUT2D eigenvalue weighted by atomic mass is 10.0. The molecule has 2 aromatic rings. The van der Waals surface area contributed by atoms with Crippen LogP contribution in [-0.4, -0.2) is 36.6 Å². The summed E-state index contributed by atoms with van der Waals surface area (Å²) in [6.45, 7) is 0.701. The maximum Gasteiger partial charge on any atom is 0.255 e. The molecule has 1 atom stereocenters. The fraction of sp³-hybridized carbons (Fsp3) is 0.333. The van der Waals surface area contributed by atoms with Crippen molar-refractivity contribution < 1.29 is 14.3 Å². The molecule has 3 rings (SSSR count). The van der Waals surface area contributed by atoms with Gasteiger partial charge < -0.3 is 14.4 Å². The van der Waals surface area contributed by atoms with E-state index in [-0.39, 0.29) is 11.9 Å². The van der Waals surface area contributed by atoms with E-state index in [0.29, 0.717) is 17.3 Å². The molecule has 24 heavy (non-hydrogen) atoms. The van der Waals surface area contributed by atoms with Crippen molar-refractivity contribution in [3.05, 3.63) is 52.8 Å². The van der Waals surface area contributed by atoms with Gasteiger partial charge in [0.25, 0.3) is 5.91 Å². The Balaban J connectivity index is 1.93. The predicted octanol–water partition coefficient (Wildman–Crippen LogP) is 3.73. The molecule has 5 nitrogen and oxygen atoms in total. The summed E-state index contributed by atoms with van der Waals surface area (Å²) in [6.07, 6.45) is 3.34. The van der Waals surface area contributed by atoms with Crippen LogP contribution in [0.5, 0.6) is 11.5 Å². The first kappa shape index (κ1) is 16.6. The number of hydrogen-bond acceptors (Lipinski definition) is 4. The summed E-state index contributed by atoms with van der Waals surface area (Å²) in [4.78, 5) is 18.7. The third-order valence-electron chi connectivity index (χ3n) is 4.28. The van der Waals surface area contributed by atoms with Gasteiger partial charge in [0.05, 0.1) is 25.8 Å². The number of carbonyl (C=O) groups excluding carboxylic acids is 1. The Morgan fingerprint density at radius 3 is 2.75 bits per heavy atom. The number of likely N-dealkylation sites (tertiary alicyclic amines) is 1. The van der Waals surface area contributed by atoms with E-state index in [1.54, 1.807) is 26.4 Å². The smallest absolute Gasteiger partial charge is 0.255 e. The summed E-state index contributed by atoms with van der Waals surface area (Å²) in [7, 11) is 3.26. The fourth-order valence-electron chi connectivity index (χ4n) is 3.10. The van der Waals surface area contributed by atoms with Gasteiger partial charge in [0.2, 0.25) is 0 Å². The molecule has 126 valence electrons. The summed E-state index contributed by atoms with van der Waals surface area (Å²) in [6, 6.07) is 8.96. The number of pyridine rings is 1. The normalized spacial score (nSPS) is 17.0. The molecule has 0 spiro atoms. The summed E-state index contributed by atoms with van der Waals surface area (Å²) in [5, 5.41) is 0.374. The molecule has 1 aliphatic rings. The van der Waals surface area contributed by atoms with E-state index in [1.807, 2.05) is 23.1 Å². The van der Waals surface area contributed by atoms with Crippen LogP contribution in [0.25, 0.3) is 0 Å².